The van der Waals surface area contributed by atoms with Crippen LogP contribution in [0.4, 0.5) is 0 Å². The average molecular weight is 382 g/mol. The zero-order valence-corrected chi connectivity index (χ0v) is 16.6. The van der Waals surface area contributed by atoms with Crippen LogP contribution in [0.5, 0.6) is 0 Å². The minimum absolute atomic E-state index is 0.299. The Morgan fingerprint density at radius 1 is 1.11 bits per heavy atom. The molecule has 3 rings (SSSR count). The maximum atomic E-state index is 12.9. The summed E-state index contributed by atoms with van der Waals surface area (Å²) < 4.78 is 0. The maximum Gasteiger partial charge on any atom is 0.475 e. The molecule has 0 saturated carbocycles. The molecule has 2 atom stereocenters. The number of likely N-dealkylation sites (tertiary alicyclic amines) is 1. The number of nitrogens with zero attached hydrogens (tertiary/aromatic N) is 1. The van der Waals surface area contributed by atoms with Crippen LogP contribution >= 0.6 is 0 Å². The molecule has 28 heavy (non-hydrogen) atoms. The molecule has 0 bridgehead atoms. The zero-order valence-electron chi connectivity index (χ0n) is 16.6. The molecule has 2 aromatic rings. The van der Waals surface area contributed by atoms with Crippen LogP contribution in [-0.4, -0.2) is 52.4 Å². The third kappa shape index (κ3) is 3.91. The van der Waals surface area contributed by atoms with Crippen LogP contribution in [-0.2, 0) is 4.79 Å². The van der Waals surface area contributed by atoms with E-state index in [4.69, 9.17) is 0 Å². The Bertz CT molecular complexity index is 884. The van der Waals surface area contributed by atoms with Crippen molar-refractivity contribution in [1.82, 2.24) is 10.2 Å². The van der Waals surface area contributed by atoms with Crippen molar-refractivity contribution in [1.29, 1.82) is 0 Å². The van der Waals surface area contributed by atoms with Gasteiger partial charge < -0.3 is 20.3 Å². The van der Waals surface area contributed by atoms with Gasteiger partial charge >= 0.3 is 7.12 Å². The van der Waals surface area contributed by atoms with Crippen LogP contribution in [0.25, 0.3) is 10.8 Å². The van der Waals surface area contributed by atoms with Gasteiger partial charge in [-0.2, -0.15) is 0 Å². The van der Waals surface area contributed by atoms with Crippen LogP contribution in [0.1, 0.15) is 55.5 Å². The van der Waals surface area contributed by atoms with Gasteiger partial charge in [0.2, 0.25) is 5.91 Å². The molecule has 0 spiro atoms. The summed E-state index contributed by atoms with van der Waals surface area (Å²) in [4.78, 5) is 27.1. The van der Waals surface area contributed by atoms with Gasteiger partial charge in [-0.3, -0.25) is 9.59 Å². The van der Waals surface area contributed by atoms with Crippen molar-refractivity contribution in [3.8, 4) is 0 Å². The Labute approximate surface area is 165 Å². The summed E-state index contributed by atoms with van der Waals surface area (Å²) in [5.74, 6) is -0.891. The number of hydrogen-bond donors (Lipinski definition) is 3. The highest BCUT2D eigenvalue weighted by molar-refractivity contribution is 6.43. The molecule has 148 valence electrons. The Kier molecular flexibility index (Phi) is 6.06. The van der Waals surface area contributed by atoms with E-state index in [-0.39, 0.29) is 11.8 Å². The third-order valence-corrected chi connectivity index (χ3v) is 5.47. The van der Waals surface area contributed by atoms with Crippen LogP contribution in [0, 0.1) is 0 Å². The molecule has 7 heteroatoms. The summed E-state index contributed by atoms with van der Waals surface area (Å²) >= 11 is 0. The molecule has 1 aliphatic heterocycles. The SMILES string of the molecule is CC(NC(=O)c1cccc2c(C(C)C)cccc12)C(=O)N1CCCC1B(O)O. The summed E-state index contributed by atoms with van der Waals surface area (Å²) in [6.07, 6.45) is 1.27. The summed E-state index contributed by atoms with van der Waals surface area (Å²) in [6, 6.07) is 10.8. The van der Waals surface area contributed by atoms with E-state index < -0.39 is 19.1 Å². The Hall–Kier alpha value is -2.38. The number of nitrogens with one attached hydrogen (secondary N) is 1. The molecule has 1 aliphatic rings. The topological polar surface area (TPSA) is 89.9 Å². The van der Waals surface area contributed by atoms with Gasteiger partial charge in [-0.25, -0.2) is 0 Å². The Morgan fingerprint density at radius 3 is 2.46 bits per heavy atom. The van der Waals surface area contributed by atoms with Gasteiger partial charge in [-0.05, 0) is 48.1 Å². The van der Waals surface area contributed by atoms with Crippen LogP contribution in [0.3, 0.4) is 0 Å². The molecule has 0 aliphatic carbocycles. The van der Waals surface area contributed by atoms with Crippen molar-refractivity contribution in [2.24, 2.45) is 0 Å². The van der Waals surface area contributed by atoms with Gasteiger partial charge in [0, 0.05) is 12.1 Å². The van der Waals surface area contributed by atoms with Crippen molar-refractivity contribution in [3.63, 3.8) is 0 Å². The standard InChI is InChI=1S/C21H27BN2O4/c1-13(2)15-7-4-9-17-16(15)8-5-10-18(17)20(25)23-14(3)21(26)24-12-6-11-19(24)22(27)28/h4-5,7-10,13-14,19,27-28H,6,11-12H2,1-3H3,(H,23,25). The lowest BCUT2D eigenvalue weighted by Crippen LogP contribution is -2.52. The second-order valence-electron chi connectivity index (χ2n) is 7.75. The van der Waals surface area contributed by atoms with Gasteiger partial charge in [-0.15, -0.1) is 0 Å². The average Bonchev–Trinajstić information content (AvgIpc) is 3.16. The number of benzene rings is 2. The maximum absolute atomic E-state index is 12.9. The highest BCUT2D eigenvalue weighted by atomic mass is 16.4. The molecule has 2 aromatic carbocycles. The molecule has 0 radical (unpaired) electrons. The number of hydrogen-bond acceptors (Lipinski definition) is 4. The monoisotopic (exact) mass is 382 g/mol. The smallest absolute Gasteiger partial charge is 0.426 e. The van der Waals surface area contributed by atoms with E-state index in [0.717, 1.165) is 17.2 Å². The second kappa shape index (κ2) is 8.33. The Morgan fingerprint density at radius 2 is 1.79 bits per heavy atom. The fourth-order valence-corrected chi connectivity index (χ4v) is 4.00. The Balaban J connectivity index is 1.81. The molecular formula is C21H27BN2O4. The number of rotatable bonds is 5. The lowest BCUT2D eigenvalue weighted by Gasteiger charge is -2.27. The summed E-state index contributed by atoms with van der Waals surface area (Å²) in [6.45, 7) is 6.33. The molecule has 1 saturated heterocycles. The fraction of sp³-hybridized carbons (Fsp3) is 0.429. The largest absolute Gasteiger partial charge is 0.475 e. The first-order valence-electron chi connectivity index (χ1n) is 9.80. The van der Waals surface area contributed by atoms with E-state index in [1.807, 2.05) is 24.3 Å². The van der Waals surface area contributed by atoms with Crippen LogP contribution in [0.2, 0.25) is 0 Å². The first kappa shape index (κ1) is 20.4. The minimum atomic E-state index is -1.57. The molecule has 1 fully saturated rings. The predicted molar refractivity (Wildman–Crippen MR) is 110 cm³/mol. The van der Waals surface area contributed by atoms with Crippen molar-refractivity contribution in [3.05, 3.63) is 47.5 Å². The predicted octanol–water partition coefficient (Wildman–Crippen LogP) is 2.08. The number of amides is 2. The molecule has 2 unspecified atom stereocenters. The summed E-state index contributed by atoms with van der Waals surface area (Å²) in [5, 5.41) is 23.6. The van der Waals surface area contributed by atoms with Gasteiger partial charge in [0.05, 0.1) is 5.94 Å². The van der Waals surface area contributed by atoms with Crippen molar-refractivity contribution >= 4 is 29.7 Å². The van der Waals surface area contributed by atoms with Gasteiger partial charge in [0.25, 0.3) is 5.91 Å². The van der Waals surface area contributed by atoms with E-state index in [1.54, 1.807) is 13.0 Å². The number of carbonyl (C=O) groups excluding carboxylic acids is 2. The normalized spacial score (nSPS) is 17.8. The minimum Gasteiger partial charge on any atom is -0.426 e. The van der Waals surface area contributed by atoms with Gasteiger partial charge in [0.1, 0.15) is 6.04 Å². The van der Waals surface area contributed by atoms with E-state index in [0.29, 0.717) is 24.4 Å². The van der Waals surface area contributed by atoms with Crippen molar-refractivity contribution < 1.29 is 19.6 Å². The van der Waals surface area contributed by atoms with E-state index in [1.165, 1.54) is 10.5 Å². The molecular weight excluding hydrogens is 355 g/mol. The first-order chi connectivity index (χ1) is 13.3. The summed E-state index contributed by atoms with van der Waals surface area (Å²) in [7, 11) is -1.57. The first-order valence-corrected chi connectivity index (χ1v) is 9.80. The number of carbonyl (C=O) groups is 2. The lowest BCUT2D eigenvalue weighted by molar-refractivity contribution is -0.132. The number of fused-ring (bicyclic) bond motifs is 1. The van der Waals surface area contributed by atoms with E-state index >= 15 is 0 Å². The van der Waals surface area contributed by atoms with Gasteiger partial charge in [-0.1, -0.05) is 44.2 Å². The van der Waals surface area contributed by atoms with E-state index in [9.17, 15) is 19.6 Å². The lowest BCUT2D eigenvalue weighted by atomic mass is 9.78. The second-order valence-corrected chi connectivity index (χ2v) is 7.75. The fourth-order valence-electron chi connectivity index (χ4n) is 4.00. The third-order valence-electron chi connectivity index (χ3n) is 5.47. The summed E-state index contributed by atoms with van der Waals surface area (Å²) in [5.41, 5.74) is 1.70. The quantitative estimate of drug-likeness (QED) is 0.691. The van der Waals surface area contributed by atoms with Crippen LogP contribution in [0.15, 0.2) is 36.4 Å². The highest BCUT2D eigenvalue weighted by Crippen LogP contribution is 2.27. The highest BCUT2D eigenvalue weighted by Gasteiger charge is 2.38. The van der Waals surface area contributed by atoms with Crippen molar-refractivity contribution in [2.45, 2.75) is 51.5 Å². The van der Waals surface area contributed by atoms with Crippen LogP contribution < -0.4 is 5.32 Å². The van der Waals surface area contributed by atoms with Crippen molar-refractivity contribution in [2.75, 3.05) is 6.54 Å². The molecule has 3 N–H and O–H groups in total. The van der Waals surface area contributed by atoms with Gasteiger partial charge in [0.15, 0.2) is 0 Å². The van der Waals surface area contributed by atoms with E-state index in [2.05, 4.69) is 25.2 Å². The molecule has 6 nitrogen and oxygen atoms in total. The molecule has 2 amide bonds. The zero-order chi connectivity index (χ0) is 20.4. The molecule has 1 heterocycles. The molecule has 0 aromatic heterocycles.